The highest BCUT2D eigenvalue weighted by Crippen LogP contribution is 2.52. The van der Waals surface area contributed by atoms with Crippen molar-refractivity contribution >= 4 is 22.6 Å². The van der Waals surface area contributed by atoms with Gasteiger partial charge in [-0.05, 0) is 48.2 Å². The second kappa shape index (κ2) is 9.91. The van der Waals surface area contributed by atoms with E-state index >= 15 is 0 Å². The van der Waals surface area contributed by atoms with Crippen LogP contribution < -0.4 is 9.47 Å². The Bertz CT molecular complexity index is 1740. The first kappa shape index (κ1) is 25.6. The molecule has 2 aliphatic heterocycles. The highest BCUT2D eigenvalue weighted by atomic mass is 16.2. The third-order valence-corrected chi connectivity index (χ3v) is 9.38. The minimum Gasteiger partial charge on any atom is -0.346 e. The van der Waals surface area contributed by atoms with E-state index in [9.17, 15) is 4.79 Å². The van der Waals surface area contributed by atoms with E-state index in [0.29, 0.717) is 6.54 Å². The molecule has 0 aliphatic carbocycles. The summed E-state index contributed by atoms with van der Waals surface area (Å²) in [6, 6.07) is 36.6. The number of rotatable bonds is 6. The fraction of sp³-hybridized carbons (Fsp3) is 0.278. The van der Waals surface area contributed by atoms with Crippen LogP contribution in [0.2, 0.25) is 0 Å². The summed E-state index contributed by atoms with van der Waals surface area (Å²) in [6.07, 6.45) is 0.958. The van der Waals surface area contributed by atoms with Crippen LogP contribution in [0.4, 0.5) is 5.69 Å². The molecule has 2 unspecified atom stereocenters. The number of aromatic nitrogens is 2. The van der Waals surface area contributed by atoms with Crippen molar-refractivity contribution in [2.24, 2.45) is 0 Å². The van der Waals surface area contributed by atoms with Gasteiger partial charge in [-0.25, -0.2) is 9.13 Å². The molecule has 1 saturated heterocycles. The number of imidazole rings is 1. The third-order valence-electron chi connectivity index (χ3n) is 9.38. The number of benzene rings is 4. The van der Waals surface area contributed by atoms with Gasteiger partial charge < -0.3 is 9.80 Å². The minimum absolute atomic E-state index is 0.00517. The van der Waals surface area contributed by atoms with E-state index in [2.05, 4.69) is 143 Å². The van der Waals surface area contributed by atoms with Gasteiger partial charge in [0.05, 0.1) is 0 Å². The molecule has 7 rings (SSSR count). The normalized spacial score (nSPS) is 19.5. The second-order valence-electron chi connectivity index (χ2n) is 12.0. The van der Waals surface area contributed by atoms with Crippen LogP contribution in [0, 0.1) is 13.8 Å². The van der Waals surface area contributed by atoms with E-state index in [0.717, 1.165) is 42.9 Å². The Kier molecular flexibility index (Phi) is 6.19. The summed E-state index contributed by atoms with van der Waals surface area (Å²) in [5.74, 6) is 1.27. The monoisotopic (exact) mass is 541 g/mol. The lowest BCUT2D eigenvalue weighted by Crippen LogP contribution is -2.51. The largest absolute Gasteiger partial charge is 0.346 e. The molecule has 5 heteroatoms. The fourth-order valence-electron chi connectivity index (χ4n) is 7.20. The van der Waals surface area contributed by atoms with Crippen LogP contribution in [-0.2, 0) is 29.8 Å². The van der Waals surface area contributed by atoms with Crippen molar-refractivity contribution in [2.75, 3.05) is 11.4 Å². The van der Waals surface area contributed by atoms with Crippen molar-refractivity contribution in [3.05, 3.63) is 131 Å². The zero-order valence-corrected chi connectivity index (χ0v) is 24.1. The summed E-state index contributed by atoms with van der Waals surface area (Å²) in [4.78, 5) is 18.9. The number of hydrogen-bond acceptors (Lipinski definition) is 2. The Hall–Kier alpha value is -4.38. The molecular weight excluding hydrogens is 504 g/mol. The summed E-state index contributed by atoms with van der Waals surface area (Å²) >= 11 is 0. The number of carbonyl (C=O) groups is 1. The minimum atomic E-state index is -0.0970. The molecule has 1 fully saturated rings. The van der Waals surface area contributed by atoms with Gasteiger partial charge in [0.1, 0.15) is 12.7 Å². The van der Waals surface area contributed by atoms with E-state index in [1.807, 2.05) is 0 Å². The molecule has 1 aromatic heterocycles. The van der Waals surface area contributed by atoms with Gasteiger partial charge in [-0.15, -0.1) is 0 Å². The summed E-state index contributed by atoms with van der Waals surface area (Å²) in [6.45, 7) is 9.26. The lowest BCUT2D eigenvalue weighted by Gasteiger charge is -2.37. The molecule has 0 saturated carbocycles. The smallest absolute Gasteiger partial charge is 0.266 e. The van der Waals surface area contributed by atoms with Crippen LogP contribution in [0.25, 0.3) is 11.0 Å². The predicted molar refractivity (Wildman–Crippen MR) is 164 cm³/mol. The van der Waals surface area contributed by atoms with E-state index < -0.39 is 0 Å². The van der Waals surface area contributed by atoms with E-state index in [-0.39, 0.29) is 17.5 Å². The molecule has 206 valence electrons. The number of hydrogen-bond donors (Lipinski definition) is 0. The molecule has 0 N–H and O–H groups in total. The first-order valence-corrected chi connectivity index (χ1v) is 14.7. The molecule has 1 amide bonds. The van der Waals surface area contributed by atoms with Crippen LogP contribution in [0.5, 0.6) is 0 Å². The standard InChI is InChI=1S/C36H37N4O/c1-26-17-19-29(20-18-26)23-38-27(2)39(33-16-10-9-15-32(33)38)25-34(41)37-22-21-36(3)30-13-7-8-14-31(30)40(35(36)37)24-28-11-5-4-6-12-28/h4-20,35H,21-25H2,1-3H3/q+1. The van der Waals surface area contributed by atoms with Crippen LogP contribution >= 0.6 is 0 Å². The zero-order valence-electron chi connectivity index (χ0n) is 24.1. The van der Waals surface area contributed by atoms with Gasteiger partial charge in [-0.2, -0.15) is 0 Å². The lowest BCUT2D eigenvalue weighted by atomic mass is 9.81. The molecule has 0 bridgehead atoms. The number of carbonyl (C=O) groups excluding carboxylic acids is 1. The average molecular weight is 542 g/mol. The molecule has 3 heterocycles. The Labute approximate surface area is 242 Å². The summed E-state index contributed by atoms with van der Waals surface area (Å²) in [7, 11) is 0. The first-order chi connectivity index (χ1) is 19.9. The van der Waals surface area contributed by atoms with Gasteiger partial charge in [0.25, 0.3) is 11.7 Å². The van der Waals surface area contributed by atoms with Gasteiger partial charge >= 0.3 is 0 Å². The number of amides is 1. The van der Waals surface area contributed by atoms with Crippen molar-refractivity contribution in [1.82, 2.24) is 9.47 Å². The van der Waals surface area contributed by atoms with Crippen molar-refractivity contribution in [1.29, 1.82) is 0 Å². The highest BCUT2D eigenvalue weighted by molar-refractivity contribution is 5.82. The number of aryl methyl sites for hydroxylation is 1. The molecule has 4 aromatic carbocycles. The van der Waals surface area contributed by atoms with Crippen LogP contribution in [0.15, 0.2) is 103 Å². The van der Waals surface area contributed by atoms with Crippen LogP contribution in [-0.4, -0.2) is 28.1 Å². The second-order valence-corrected chi connectivity index (χ2v) is 12.0. The topological polar surface area (TPSA) is 32.4 Å². The van der Waals surface area contributed by atoms with Crippen LogP contribution in [0.1, 0.15) is 41.4 Å². The van der Waals surface area contributed by atoms with Gasteiger partial charge in [0.2, 0.25) is 0 Å². The number of likely N-dealkylation sites (tertiary alicyclic amines) is 1. The van der Waals surface area contributed by atoms with Crippen molar-refractivity contribution in [2.45, 2.75) is 58.4 Å². The van der Waals surface area contributed by atoms with Crippen LogP contribution in [0.3, 0.4) is 0 Å². The van der Waals surface area contributed by atoms with Crippen molar-refractivity contribution in [3.63, 3.8) is 0 Å². The molecule has 41 heavy (non-hydrogen) atoms. The molecule has 2 aliphatic rings. The number of fused-ring (bicyclic) bond motifs is 4. The summed E-state index contributed by atoms with van der Waals surface area (Å²) in [5, 5.41) is 0. The third kappa shape index (κ3) is 4.22. The Morgan fingerprint density at radius 3 is 2.37 bits per heavy atom. The van der Waals surface area contributed by atoms with E-state index in [1.54, 1.807) is 0 Å². The predicted octanol–water partition coefficient (Wildman–Crippen LogP) is 6.13. The Balaban J connectivity index is 1.23. The highest BCUT2D eigenvalue weighted by Gasteiger charge is 2.55. The van der Waals surface area contributed by atoms with Crippen molar-refractivity contribution < 1.29 is 9.36 Å². The Morgan fingerprint density at radius 1 is 0.854 bits per heavy atom. The number of para-hydroxylation sites is 3. The quantitative estimate of drug-likeness (QED) is 0.242. The van der Waals surface area contributed by atoms with E-state index in [1.165, 1.54) is 27.9 Å². The molecule has 5 nitrogen and oxygen atoms in total. The van der Waals surface area contributed by atoms with Gasteiger partial charge in [-0.3, -0.25) is 4.79 Å². The van der Waals surface area contributed by atoms with Gasteiger partial charge in [0, 0.05) is 31.1 Å². The fourth-order valence-corrected chi connectivity index (χ4v) is 7.20. The van der Waals surface area contributed by atoms with Crippen molar-refractivity contribution in [3.8, 4) is 0 Å². The van der Waals surface area contributed by atoms with Gasteiger partial charge in [-0.1, -0.05) is 97.4 Å². The maximum Gasteiger partial charge on any atom is 0.266 e. The van der Waals surface area contributed by atoms with Gasteiger partial charge in [0.15, 0.2) is 17.6 Å². The molecule has 5 aromatic rings. The maximum absolute atomic E-state index is 14.3. The summed E-state index contributed by atoms with van der Waals surface area (Å²) in [5.41, 5.74) is 8.54. The number of nitrogens with zero attached hydrogens (tertiary/aromatic N) is 4. The first-order valence-electron chi connectivity index (χ1n) is 14.7. The molecular formula is C36H37N4O+. The Morgan fingerprint density at radius 2 is 1.56 bits per heavy atom. The zero-order chi connectivity index (χ0) is 28.1. The van der Waals surface area contributed by atoms with E-state index in [4.69, 9.17) is 0 Å². The maximum atomic E-state index is 14.3. The SMILES string of the molecule is Cc1ccc(C[n+]2c(C)n(CC(=O)N3CCC4(C)c5ccccc5N(Cc5ccccc5)C34)c3ccccc32)cc1. The molecule has 0 radical (unpaired) electrons. The molecule has 0 spiro atoms. The average Bonchev–Trinajstić information content (AvgIpc) is 3.56. The summed E-state index contributed by atoms with van der Waals surface area (Å²) < 4.78 is 4.56. The molecule has 2 atom stereocenters. The number of anilines is 1. The lowest BCUT2D eigenvalue weighted by molar-refractivity contribution is -0.669.